The number of pyridine rings is 1. The van der Waals surface area contributed by atoms with E-state index in [0.717, 1.165) is 32.5 Å². The molecular weight excluding hydrogens is 398 g/mol. The van der Waals surface area contributed by atoms with Crippen molar-refractivity contribution in [3.63, 3.8) is 0 Å². The van der Waals surface area contributed by atoms with Gasteiger partial charge in [0.15, 0.2) is 0 Å². The number of hydrogen-bond donors (Lipinski definition) is 1. The average Bonchev–Trinajstić information content (AvgIpc) is 3.15. The monoisotopic (exact) mass is 417 g/mol. The van der Waals surface area contributed by atoms with Gasteiger partial charge in [0.25, 0.3) is 0 Å². The highest BCUT2D eigenvalue weighted by Crippen LogP contribution is 2.37. The Morgan fingerprint density at radius 1 is 1.31 bits per heavy atom. The highest BCUT2D eigenvalue weighted by atomic mass is 79.9. The first-order valence-electron chi connectivity index (χ1n) is 8.49. The number of aromatic nitrogens is 4. The Labute approximate surface area is 159 Å². The minimum absolute atomic E-state index is 0.298. The van der Waals surface area contributed by atoms with Crippen LogP contribution in [-0.4, -0.2) is 42.9 Å². The fourth-order valence-corrected chi connectivity index (χ4v) is 3.85. The Morgan fingerprint density at radius 2 is 2.12 bits per heavy atom. The predicted octanol–water partition coefficient (Wildman–Crippen LogP) is 3.94. The van der Waals surface area contributed by atoms with Gasteiger partial charge >= 0.3 is 6.09 Å². The van der Waals surface area contributed by atoms with Gasteiger partial charge in [0.1, 0.15) is 15.9 Å². The Hall–Kier alpha value is -2.35. The second-order valence-electron chi connectivity index (χ2n) is 7.34. The first kappa shape index (κ1) is 17.1. The van der Waals surface area contributed by atoms with E-state index in [1.54, 1.807) is 11.1 Å². The topological polar surface area (TPSA) is 76.0 Å². The normalized spacial score (nSPS) is 14.5. The van der Waals surface area contributed by atoms with Gasteiger partial charge in [-0.15, -0.1) is 0 Å². The number of hydrogen-bond acceptors (Lipinski definition) is 4. The molecule has 0 radical (unpaired) electrons. The number of carbonyl (C=O) groups excluding carboxylic acids is 1. The molecule has 0 spiro atoms. The summed E-state index contributed by atoms with van der Waals surface area (Å²) in [6.07, 6.45) is 3.35. The fourth-order valence-electron chi connectivity index (χ4n) is 3.21. The van der Waals surface area contributed by atoms with Crippen LogP contribution in [0.15, 0.2) is 29.1 Å². The van der Waals surface area contributed by atoms with Crippen LogP contribution in [-0.2, 0) is 17.8 Å². The van der Waals surface area contributed by atoms with Crippen molar-refractivity contribution >= 4 is 33.1 Å². The molecule has 8 heteroatoms. The van der Waals surface area contributed by atoms with Crippen molar-refractivity contribution in [3.05, 3.63) is 34.8 Å². The molecule has 7 nitrogen and oxygen atoms in total. The summed E-state index contributed by atoms with van der Waals surface area (Å²) in [6.45, 7) is 7.29. The number of rotatable bonds is 1. The largest absolute Gasteiger partial charge is 0.444 e. The third kappa shape index (κ3) is 2.98. The first-order chi connectivity index (χ1) is 12.3. The van der Waals surface area contributed by atoms with Crippen molar-refractivity contribution in [1.82, 2.24) is 24.6 Å². The van der Waals surface area contributed by atoms with Crippen molar-refractivity contribution in [1.29, 1.82) is 0 Å². The van der Waals surface area contributed by atoms with Gasteiger partial charge in [0.2, 0.25) is 0 Å². The van der Waals surface area contributed by atoms with Gasteiger partial charge in [-0.05, 0) is 54.4 Å². The quantitative estimate of drug-likeness (QED) is 0.650. The van der Waals surface area contributed by atoms with Crippen molar-refractivity contribution in [2.24, 2.45) is 0 Å². The second-order valence-corrected chi connectivity index (χ2v) is 8.09. The second kappa shape index (κ2) is 6.12. The van der Waals surface area contributed by atoms with Crippen molar-refractivity contribution in [2.75, 3.05) is 6.54 Å². The molecule has 0 aliphatic carbocycles. The molecule has 4 heterocycles. The molecule has 4 rings (SSSR count). The molecule has 136 valence electrons. The van der Waals surface area contributed by atoms with Gasteiger partial charge < -0.3 is 14.6 Å². The van der Waals surface area contributed by atoms with Gasteiger partial charge in [-0.3, -0.25) is 4.68 Å². The maximum Gasteiger partial charge on any atom is 0.410 e. The zero-order valence-corrected chi connectivity index (χ0v) is 16.5. The summed E-state index contributed by atoms with van der Waals surface area (Å²) < 4.78 is 8.26. The molecule has 1 amide bonds. The van der Waals surface area contributed by atoms with E-state index in [1.807, 2.05) is 43.8 Å². The van der Waals surface area contributed by atoms with E-state index in [9.17, 15) is 4.79 Å². The lowest BCUT2D eigenvalue weighted by Crippen LogP contribution is -2.41. The predicted molar refractivity (Wildman–Crippen MR) is 102 cm³/mol. The van der Waals surface area contributed by atoms with E-state index in [-0.39, 0.29) is 6.09 Å². The van der Waals surface area contributed by atoms with Crippen LogP contribution in [0.1, 0.15) is 26.5 Å². The lowest BCUT2D eigenvalue weighted by Gasteiger charge is -2.30. The molecule has 0 aromatic carbocycles. The molecular formula is C18H20BrN5O2. The number of amides is 1. The third-order valence-electron chi connectivity index (χ3n) is 4.32. The van der Waals surface area contributed by atoms with Crippen LogP contribution in [0, 0.1) is 0 Å². The standard InChI is InChI=1S/C18H20BrN5O2/c1-18(2,3)26-17(25)23-8-9-24-13(10-23)14(15(19)22-24)11-4-6-20-16-12(11)5-7-21-16/h4-7H,8-10H2,1-3H3,(H,20,21). The van der Waals surface area contributed by atoms with Gasteiger partial charge in [-0.2, -0.15) is 5.10 Å². The number of halogens is 1. The zero-order chi connectivity index (χ0) is 18.5. The van der Waals surface area contributed by atoms with Crippen molar-refractivity contribution in [2.45, 2.75) is 39.5 Å². The molecule has 0 saturated heterocycles. The summed E-state index contributed by atoms with van der Waals surface area (Å²) in [5.74, 6) is 0. The van der Waals surface area contributed by atoms with Gasteiger partial charge in [-0.1, -0.05) is 0 Å². The lowest BCUT2D eigenvalue weighted by molar-refractivity contribution is 0.0195. The molecule has 0 unspecified atom stereocenters. The highest BCUT2D eigenvalue weighted by molar-refractivity contribution is 9.10. The molecule has 0 saturated carbocycles. The molecule has 3 aromatic rings. The lowest BCUT2D eigenvalue weighted by atomic mass is 10.0. The summed E-state index contributed by atoms with van der Waals surface area (Å²) in [5, 5.41) is 5.64. The molecule has 1 aliphatic rings. The molecule has 0 atom stereocenters. The van der Waals surface area contributed by atoms with Crippen LogP contribution in [0.2, 0.25) is 0 Å². The molecule has 1 aliphatic heterocycles. The van der Waals surface area contributed by atoms with E-state index < -0.39 is 5.60 Å². The van der Waals surface area contributed by atoms with Gasteiger partial charge in [0, 0.05) is 29.9 Å². The summed E-state index contributed by atoms with van der Waals surface area (Å²) in [4.78, 5) is 21.7. The number of H-pyrrole nitrogens is 1. The number of nitrogens with zero attached hydrogens (tertiary/aromatic N) is 4. The van der Waals surface area contributed by atoms with Crippen LogP contribution in [0.5, 0.6) is 0 Å². The zero-order valence-electron chi connectivity index (χ0n) is 14.9. The maximum absolute atomic E-state index is 12.5. The van der Waals surface area contributed by atoms with Crippen molar-refractivity contribution in [3.8, 4) is 11.1 Å². The maximum atomic E-state index is 12.5. The van der Waals surface area contributed by atoms with Crippen LogP contribution in [0.3, 0.4) is 0 Å². The summed E-state index contributed by atoms with van der Waals surface area (Å²) in [5.41, 5.74) is 3.33. The van der Waals surface area contributed by atoms with Crippen LogP contribution < -0.4 is 0 Å². The first-order valence-corrected chi connectivity index (χ1v) is 9.28. The highest BCUT2D eigenvalue weighted by Gasteiger charge is 2.30. The van der Waals surface area contributed by atoms with Crippen LogP contribution in [0.4, 0.5) is 4.79 Å². The fraction of sp³-hybridized carbons (Fsp3) is 0.389. The van der Waals surface area contributed by atoms with Crippen molar-refractivity contribution < 1.29 is 9.53 Å². The van der Waals surface area contributed by atoms with Crippen LogP contribution in [0.25, 0.3) is 22.2 Å². The summed E-state index contributed by atoms with van der Waals surface area (Å²) in [7, 11) is 0. The molecule has 3 aromatic heterocycles. The van der Waals surface area contributed by atoms with E-state index >= 15 is 0 Å². The molecule has 0 fully saturated rings. The SMILES string of the molecule is CC(C)(C)OC(=O)N1CCn2nc(Br)c(-c3ccnc4[nH]ccc34)c2C1. The third-order valence-corrected chi connectivity index (χ3v) is 4.87. The Morgan fingerprint density at radius 3 is 2.88 bits per heavy atom. The van der Waals surface area contributed by atoms with Crippen LogP contribution >= 0.6 is 15.9 Å². The van der Waals surface area contributed by atoms with E-state index in [0.29, 0.717) is 19.6 Å². The molecule has 1 N–H and O–H groups in total. The number of fused-ring (bicyclic) bond motifs is 2. The van der Waals surface area contributed by atoms with E-state index in [4.69, 9.17) is 4.74 Å². The summed E-state index contributed by atoms with van der Waals surface area (Å²) in [6, 6.07) is 3.98. The Balaban J connectivity index is 1.74. The smallest absolute Gasteiger partial charge is 0.410 e. The molecule has 26 heavy (non-hydrogen) atoms. The Bertz CT molecular complexity index is 985. The number of aromatic amines is 1. The summed E-state index contributed by atoms with van der Waals surface area (Å²) >= 11 is 3.60. The number of nitrogens with one attached hydrogen (secondary N) is 1. The van der Waals surface area contributed by atoms with E-state index in [2.05, 4.69) is 31.0 Å². The average molecular weight is 418 g/mol. The van der Waals surface area contributed by atoms with Gasteiger partial charge in [-0.25, -0.2) is 9.78 Å². The number of ether oxygens (including phenoxy) is 1. The molecule has 0 bridgehead atoms. The number of carbonyl (C=O) groups is 1. The minimum Gasteiger partial charge on any atom is -0.444 e. The Kier molecular flexibility index (Phi) is 4.02. The van der Waals surface area contributed by atoms with Gasteiger partial charge in [0.05, 0.1) is 18.8 Å². The van der Waals surface area contributed by atoms with E-state index in [1.165, 1.54) is 0 Å². The minimum atomic E-state index is -0.513.